The summed E-state index contributed by atoms with van der Waals surface area (Å²) in [5.74, 6) is -0.397. The Kier molecular flexibility index (Phi) is 4.98. The molecule has 132 valence electrons. The van der Waals surface area contributed by atoms with Gasteiger partial charge in [0.15, 0.2) is 9.84 Å². The number of hydrogen-bond donors (Lipinski definition) is 2. The first-order valence-corrected chi connectivity index (χ1v) is 9.72. The second-order valence-corrected chi connectivity index (χ2v) is 8.21. The quantitative estimate of drug-likeness (QED) is 0.850. The third-order valence-corrected chi connectivity index (χ3v) is 5.89. The zero-order valence-electron chi connectivity index (χ0n) is 13.4. The number of benzene rings is 1. The van der Waals surface area contributed by atoms with E-state index < -0.39 is 15.7 Å². The maximum absolute atomic E-state index is 13.8. The molecule has 1 aliphatic rings. The van der Waals surface area contributed by atoms with Crippen LogP contribution in [0.2, 0.25) is 0 Å². The number of para-hydroxylation sites is 1. The second-order valence-electron chi connectivity index (χ2n) is 5.98. The Hall–Kier alpha value is -2.48. The molecule has 25 heavy (non-hydrogen) atoms. The van der Waals surface area contributed by atoms with Gasteiger partial charge in [-0.15, -0.1) is 0 Å². The van der Waals surface area contributed by atoms with Crippen molar-refractivity contribution >= 4 is 27.2 Å². The van der Waals surface area contributed by atoms with Gasteiger partial charge < -0.3 is 10.6 Å². The van der Waals surface area contributed by atoms with Gasteiger partial charge in [-0.3, -0.25) is 4.79 Å². The predicted octanol–water partition coefficient (Wildman–Crippen LogP) is 2.13. The van der Waals surface area contributed by atoms with E-state index >= 15 is 0 Å². The second kappa shape index (κ2) is 7.18. The molecule has 1 aromatic heterocycles. The van der Waals surface area contributed by atoms with Gasteiger partial charge in [0.2, 0.25) is 0 Å². The summed E-state index contributed by atoms with van der Waals surface area (Å²) in [4.78, 5) is 16.5. The number of aromatic nitrogens is 1. The van der Waals surface area contributed by atoms with Gasteiger partial charge in [-0.2, -0.15) is 0 Å². The van der Waals surface area contributed by atoms with E-state index in [1.807, 2.05) is 0 Å². The fourth-order valence-corrected chi connectivity index (χ4v) is 4.61. The molecule has 3 rings (SSSR count). The number of nitrogens with zero attached hydrogens (tertiary/aromatic N) is 1. The summed E-state index contributed by atoms with van der Waals surface area (Å²) < 4.78 is 36.7. The van der Waals surface area contributed by atoms with Crippen LogP contribution in [-0.4, -0.2) is 37.4 Å². The van der Waals surface area contributed by atoms with Crippen molar-refractivity contribution in [3.05, 3.63) is 54.0 Å². The van der Waals surface area contributed by atoms with Crippen LogP contribution in [0.15, 0.2) is 42.6 Å². The molecule has 2 heterocycles. The SMILES string of the molecule is O=C(NCC1CCS(=O)(=O)C1)c1cccnc1Nc1ccccc1F. The first-order valence-electron chi connectivity index (χ1n) is 7.90. The Bertz CT molecular complexity index is 886. The van der Waals surface area contributed by atoms with Crippen LogP contribution in [0, 0.1) is 11.7 Å². The van der Waals surface area contributed by atoms with Gasteiger partial charge in [-0.1, -0.05) is 12.1 Å². The van der Waals surface area contributed by atoms with Gasteiger partial charge in [0.25, 0.3) is 5.91 Å². The third-order valence-electron chi connectivity index (χ3n) is 4.06. The highest BCUT2D eigenvalue weighted by Crippen LogP contribution is 2.21. The van der Waals surface area contributed by atoms with Crippen LogP contribution in [-0.2, 0) is 9.84 Å². The summed E-state index contributed by atoms with van der Waals surface area (Å²) in [5, 5.41) is 5.56. The van der Waals surface area contributed by atoms with Crippen LogP contribution in [0.5, 0.6) is 0 Å². The lowest BCUT2D eigenvalue weighted by molar-refractivity contribution is 0.0949. The monoisotopic (exact) mass is 363 g/mol. The zero-order chi connectivity index (χ0) is 17.9. The summed E-state index contributed by atoms with van der Waals surface area (Å²) in [6, 6.07) is 9.30. The molecule has 0 spiro atoms. The molecule has 1 saturated heterocycles. The van der Waals surface area contributed by atoms with E-state index in [1.54, 1.807) is 30.3 Å². The van der Waals surface area contributed by atoms with E-state index in [0.717, 1.165) is 0 Å². The van der Waals surface area contributed by atoms with Crippen LogP contribution < -0.4 is 10.6 Å². The lowest BCUT2D eigenvalue weighted by Crippen LogP contribution is -2.30. The lowest BCUT2D eigenvalue weighted by atomic mass is 10.1. The van der Waals surface area contributed by atoms with E-state index in [1.165, 1.54) is 12.3 Å². The van der Waals surface area contributed by atoms with Gasteiger partial charge in [-0.25, -0.2) is 17.8 Å². The largest absolute Gasteiger partial charge is 0.352 e. The molecule has 1 unspecified atom stereocenters. The van der Waals surface area contributed by atoms with E-state index in [2.05, 4.69) is 15.6 Å². The minimum atomic E-state index is -2.98. The van der Waals surface area contributed by atoms with Crippen molar-refractivity contribution in [2.24, 2.45) is 5.92 Å². The lowest BCUT2D eigenvalue weighted by Gasteiger charge is -2.13. The maximum Gasteiger partial charge on any atom is 0.255 e. The Balaban J connectivity index is 1.70. The molecular formula is C17H18FN3O3S. The molecular weight excluding hydrogens is 345 g/mol. The summed E-state index contributed by atoms with van der Waals surface area (Å²) in [6.45, 7) is 0.284. The fourth-order valence-electron chi connectivity index (χ4n) is 2.74. The van der Waals surface area contributed by atoms with Gasteiger partial charge in [-0.05, 0) is 36.6 Å². The molecule has 2 aromatic rings. The summed E-state index contributed by atoms with van der Waals surface area (Å²) in [5.41, 5.74) is 0.490. The van der Waals surface area contributed by atoms with Crippen LogP contribution in [0.3, 0.4) is 0 Å². The third kappa shape index (κ3) is 4.33. The predicted molar refractivity (Wildman–Crippen MR) is 93.0 cm³/mol. The van der Waals surface area contributed by atoms with Gasteiger partial charge in [0.05, 0.1) is 22.8 Å². The first-order chi connectivity index (χ1) is 11.9. The Morgan fingerprint density at radius 3 is 2.76 bits per heavy atom. The highest BCUT2D eigenvalue weighted by molar-refractivity contribution is 7.91. The molecule has 0 saturated carbocycles. The van der Waals surface area contributed by atoms with Crippen molar-refractivity contribution in [1.82, 2.24) is 10.3 Å². The summed E-state index contributed by atoms with van der Waals surface area (Å²) in [6.07, 6.45) is 2.06. The minimum Gasteiger partial charge on any atom is -0.352 e. The highest BCUT2D eigenvalue weighted by atomic mass is 32.2. The molecule has 8 heteroatoms. The molecule has 1 atom stereocenters. The molecule has 1 aliphatic heterocycles. The Labute approximate surface area is 145 Å². The van der Waals surface area contributed by atoms with Crippen molar-refractivity contribution in [1.29, 1.82) is 0 Å². The standard InChI is InChI=1S/C17H18FN3O3S/c18-14-5-1-2-6-15(14)21-16-13(4-3-8-19-16)17(22)20-10-12-7-9-25(23,24)11-12/h1-6,8,12H,7,9-11H2,(H,19,21)(H,20,22). The molecule has 0 radical (unpaired) electrons. The molecule has 2 N–H and O–H groups in total. The molecule has 0 aliphatic carbocycles. The van der Waals surface area contributed by atoms with Crippen molar-refractivity contribution in [2.75, 3.05) is 23.4 Å². The van der Waals surface area contributed by atoms with Gasteiger partial charge in [0.1, 0.15) is 11.6 Å². The Morgan fingerprint density at radius 1 is 1.24 bits per heavy atom. The van der Waals surface area contributed by atoms with Crippen molar-refractivity contribution in [2.45, 2.75) is 6.42 Å². The first kappa shape index (κ1) is 17.3. The molecule has 1 aromatic carbocycles. The number of hydrogen-bond acceptors (Lipinski definition) is 5. The van der Waals surface area contributed by atoms with Crippen LogP contribution >= 0.6 is 0 Å². The number of anilines is 2. The van der Waals surface area contributed by atoms with Crippen LogP contribution in [0.1, 0.15) is 16.8 Å². The maximum atomic E-state index is 13.8. The number of carbonyl (C=O) groups excluding carboxylic acids is 1. The number of sulfone groups is 1. The zero-order valence-corrected chi connectivity index (χ0v) is 14.2. The average molecular weight is 363 g/mol. The van der Waals surface area contributed by atoms with E-state index in [0.29, 0.717) is 6.42 Å². The van der Waals surface area contributed by atoms with Crippen LogP contribution in [0.4, 0.5) is 15.9 Å². The van der Waals surface area contributed by atoms with Crippen molar-refractivity contribution in [3.63, 3.8) is 0 Å². The van der Waals surface area contributed by atoms with Gasteiger partial charge >= 0.3 is 0 Å². The number of amides is 1. The molecule has 0 bridgehead atoms. The topological polar surface area (TPSA) is 88.2 Å². The Morgan fingerprint density at radius 2 is 2.04 bits per heavy atom. The van der Waals surface area contributed by atoms with E-state index in [-0.39, 0.29) is 46.9 Å². The normalized spacial score (nSPS) is 18.7. The van der Waals surface area contributed by atoms with E-state index in [4.69, 9.17) is 0 Å². The van der Waals surface area contributed by atoms with Crippen molar-refractivity contribution < 1.29 is 17.6 Å². The molecule has 1 amide bonds. The van der Waals surface area contributed by atoms with Gasteiger partial charge in [0, 0.05) is 12.7 Å². The number of rotatable bonds is 5. The molecule has 1 fully saturated rings. The highest BCUT2D eigenvalue weighted by Gasteiger charge is 2.28. The summed E-state index contributed by atoms with van der Waals surface area (Å²) >= 11 is 0. The van der Waals surface area contributed by atoms with Crippen molar-refractivity contribution in [3.8, 4) is 0 Å². The molecule has 6 nitrogen and oxygen atoms in total. The number of pyridine rings is 1. The number of carbonyl (C=O) groups is 1. The minimum absolute atomic E-state index is 0.0754. The van der Waals surface area contributed by atoms with Crippen LogP contribution in [0.25, 0.3) is 0 Å². The fraction of sp³-hybridized carbons (Fsp3) is 0.294. The number of halogens is 1. The average Bonchev–Trinajstić information content (AvgIpc) is 2.94. The summed E-state index contributed by atoms with van der Waals surface area (Å²) in [7, 11) is -2.98. The van der Waals surface area contributed by atoms with E-state index in [9.17, 15) is 17.6 Å². The number of nitrogens with one attached hydrogen (secondary N) is 2. The smallest absolute Gasteiger partial charge is 0.255 e.